The van der Waals surface area contributed by atoms with E-state index in [9.17, 15) is 4.79 Å². The predicted molar refractivity (Wildman–Crippen MR) is 122 cm³/mol. The molecule has 0 amide bonds. The zero-order valence-corrected chi connectivity index (χ0v) is 18.9. The summed E-state index contributed by atoms with van der Waals surface area (Å²) in [6.07, 6.45) is 0. The normalized spacial score (nSPS) is 11.0. The molecule has 0 aliphatic heterocycles. The Morgan fingerprint density at radius 2 is 1.79 bits per heavy atom. The highest BCUT2D eigenvalue weighted by Crippen LogP contribution is 2.27. The van der Waals surface area contributed by atoms with Crippen molar-refractivity contribution in [3.63, 3.8) is 0 Å². The number of para-hydroxylation sites is 1. The van der Waals surface area contributed by atoms with Gasteiger partial charge in [0.05, 0.1) is 17.9 Å². The van der Waals surface area contributed by atoms with E-state index in [2.05, 4.69) is 50.3 Å². The summed E-state index contributed by atoms with van der Waals surface area (Å²) in [4.78, 5) is 13.2. The first-order valence-corrected chi connectivity index (χ1v) is 11.1. The molecule has 1 N–H and O–H groups in total. The molecule has 2 heterocycles. The van der Waals surface area contributed by atoms with Crippen LogP contribution in [0.25, 0.3) is 16.9 Å². The minimum atomic E-state index is -0.0579. The number of thiazole rings is 1. The van der Waals surface area contributed by atoms with Gasteiger partial charge in [0, 0.05) is 22.5 Å². The topological polar surface area (TPSA) is 42.8 Å². The van der Waals surface area contributed by atoms with Gasteiger partial charge in [-0.25, -0.2) is 14.6 Å². The van der Waals surface area contributed by atoms with Gasteiger partial charge in [-0.2, -0.15) is 0 Å². The van der Waals surface area contributed by atoms with E-state index in [0.717, 1.165) is 38.8 Å². The Kier molecular flexibility index (Phi) is 5.43. The van der Waals surface area contributed by atoms with Crippen LogP contribution in [-0.4, -0.2) is 9.36 Å². The van der Waals surface area contributed by atoms with E-state index >= 15 is 0 Å². The van der Waals surface area contributed by atoms with Gasteiger partial charge < -0.3 is 0 Å². The van der Waals surface area contributed by atoms with Crippen molar-refractivity contribution in [2.75, 3.05) is 5.32 Å². The molecule has 0 fully saturated rings. The Hall–Kier alpha value is -2.64. The molecule has 0 bridgehead atoms. The van der Waals surface area contributed by atoms with Crippen molar-refractivity contribution in [3.8, 4) is 16.9 Å². The van der Waals surface area contributed by atoms with Gasteiger partial charge in [-0.1, -0.05) is 45.5 Å². The standard InChI is InChI=1S/C22H21BrN4OS/c1-4-26-19(16-10-12-17(23)13-11-16)14-29-22(26)24-20-15(2)25(3)27(21(20)28)18-8-6-5-7-9-18/h5-14H,4H2,1-3H3/p+1. The molecular formula is C22H22BrN4OS+. The Morgan fingerprint density at radius 1 is 1.10 bits per heavy atom. The molecule has 2 aromatic carbocycles. The lowest BCUT2D eigenvalue weighted by Crippen LogP contribution is -2.35. The molecule has 0 atom stereocenters. The molecule has 7 heteroatoms. The van der Waals surface area contributed by atoms with Crippen molar-refractivity contribution in [1.29, 1.82) is 0 Å². The highest BCUT2D eigenvalue weighted by atomic mass is 79.9. The summed E-state index contributed by atoms with van der Waals surface area (Å²) in [5.74, 6) is 0. The van der Waals surface area contributed by atoms with E-state index in [0.29, 0.717) is 5.69 Å². The molecule has 29 heavy (non-hydrogen) atoms. The van der Waals surface area contributed by atoms with Gasteiger partial charge in [-0.05, 0) is 50.2 Å². The van der Waals surface area contributed by atoms with Gasteiger partial charge >= 0.3 is 10.7 Å². The highest BCUT2D eigenvalue weighted by molar-refractivity contribution is 9.10. The Bertz CT molecular complexity index is 1210. The van der Waals surface area contributed by atoms with Crippen LogP contribution in [0.15, 0.2) is 69.2 Å². The van der Waals surface area contributed by atoms with E-state index in [1.54, 1.807) is 16.0 Å². The van der Waals surface area contributed by atoms with Crippen LogP contribution in [0.1, 0.15) is 12.6 Å². The second-order valence-corrected chi connectivity index (χ2v) is 8.51. The Balaban J connectivity index is 1.76. The molecule has 0 saturated heterocycles. The van der Waals surface area contributed by atoms with E-state index in [1.165, 1.54) is 0 Å². The third-order valence-corrected chi connectivity index (χ3v) is 6.48. The summed E-state index contributed by atoms with van der Waals surface area (Å²) >= 11 is 5.10. The molecule has 0 radical (unpaired) electrons. The number of hydrogen-bond acceptors (Lipinski definition) is 3. The van der Waals surface area contributed by atoms with Crippen molar-refractivity contribution in [2.45, 2.75) is 20.4 Å². The number of rotatable bonds is 5. The summed E-state index contributed by atoms with van der Waals surface area (Å²) in [6, 6.07) is 18.0. The van der Waals surface area contributed by atoms with Crippen molar-refractivity contribution < 1.29 is 4.57 Å². The maximum Gasteiger partial charge on any atom is 0.339 e. The van der Waals surface area contributed by atoms with Crippen LogP contribution in [0.4, 0.5) is 10.8 Å². The summed E-state index contributed by atoms with van der Waals surface area (Å²) < 4.78 is 6.84. The number of nitrogens with zero attached hydrogens (tertiary/aromatic N) is 3. The van der Waals surface area contributed by atoms with Crippen molar-refractivity contribution >= 4 is 38.1 Å². The van der Waals surface area contributed by atoms with Gasteiger partial charge in [0.1, 0.15) is 5.69 Å². The fraction of sp³-hybridized carbons (Fsp3) is 0.182. The average molecular weight is 470 g/mol. The number of anilines is 2. The molecule has 4 aromatic rings. The monoisotopic (exact) mass is 469 g/mol. The van der Waals surface area contributed by atoms with Gasteiger partial charge in [0.15, 0.2) is 0 Å². The van der Waals surface area contributed by atoms with Crippen LogP contribution >= 0.6 is 27.3 Å². The van der Waals surface area contributed by atoms with Crippen LogP contribution < -0.4 is 15.4 Å². The predicted octanol–water partition coefficient (Wildman–Crippen LogP) is 5.03. The van der Waals surface area contributed by atoms with E-state index in [1.807, 2.05) is 61.1 Å². The molecule has 0 unspecified atom stereocenters. The first-order chi connectivity index (χ1) is 14.0. The van der Waals surface area contributed by atoms with Gasteiger partial charge in [0.25, 0.3) is 0 Å². The molecule has 5 nitrogen and oxygen atoms in total. The van der Waals surface area contributed by atoms with E-state index in [-0.39, 0.29) is 5.56 Å². The minimum Gasteiger partial charge on any atom is -0.281 e. The fourth-order valence-corrected chi connectivity index (χ4v) is 4.69. The lowest BCUT2D eigenvalue weighted by molar-refractivity contribution is -0.664. The number of aromatic nitrogens is 3. The van der Waals surface area contributed by atoms with E-state index in [4.69, 9.17) is 0 Å². The molecular weight excluding hydrogens is 448 g/mol. The second kappa shape index (κ2) is 8.00. The third kappa shape index (κ3) is 3.56. The first-order valence-electron chi connectivity index (χ1n) is 9.39. The lowest BCUT2D eigenvalue weighted by atomic mass is 10.2. The minimum absolute atomic E-state index is 0.0579. The summed E-state index contributed by atoms with van der Waals surface area (Å²) in [5, 5.41) is 6.48. The maximum atomic E-state index is 13.2. The lowest BCUT2D eigenvalue weighted by Gasteiger charge is -2.06. The number of nitrogens with one attached hydrogen (secondary N) is 1. The van der Waals surface area contributed by atoms with Crippen LogP contribution in [0.3, 0.4) is 0 Å². The Labute approximate surface area is 182 Å². The number of halogens is 1. The highest BCUT2D eigenvalue weighted by Gasteiger charge is 2.24. The fourth-order valence-electron chi connectivity index (χ4n) is 3.42. The molecule has 0 saturated carbocycles. The zero-order valence-electron chi connectivity index (χ0n) is 16.5. The number of hydrogen-bond donors (Lipinski definition) is 1. The van der Waals surface area contributed by atoms with Crippen LogP contribution in [0.2, 0.25) is 0 Å². The van der Waals surface area contributed by atoms with Crippen LogP contribution in [0, 0.1) is 6.92 Å². The van der Waals surface area contributed by atoms with Crippen molar-refractivity contribution in [2.24, 2.45) is 7.05 Å². The summed E-state index contributed by atoms with van der Waals surface area (Å²) in [5.41, 5.74) is 4.55. The smallest absolute Gasteiger partial charge is 0.281 e. The van der Waals surface area contributed by atoms with E-state index < -0.39 is 0 Å². The van der Waals surface area contributed by atoms with Crippen molar-refractivity contribution in [3.05, 3.63) is 80.5 Å². The van der Waals surface area contributed by atoms with Crippen LogP contribution in [0.5, 0.6) is 0 Å². The SMILES string of the molecule is CC[n+]1c(-c2ccc(Br)cc2)csc1Nc1c(C)n(C)n(-c2ccccc2)c1=O. The van der Waals surface area contributed by atoms with Crippen molar-refractivity contribution in [1.82, 2.24) is 9.36 Å². The van der Waals surface area contributed by atoms with Gasteiger partial charge in [-0.15, -0.1) is 0 Å². The first kappa shape index (κ1) is 19.7. The van der Waals surface area contributed by atoms with Crippen LogP contribution in [-0.2, 0) is 13.6 Å². The second-order valence-electron chi connectivity index (χ2n) is 6.74. The molecule has 0 aliphatic carbocycles. The molecule has 2 aromatic heterocycles. The average Bonchev–Trinajstić information content (AvgIpc) is 3.23. The Morgan fingerprint density at radius 3 is 2.45 bits per heavy atom. The maximum absolute atomic E-state index is 13.2. The van der Waals surface area contributed by atoms with Gasteiger partial charge in [0.2, 0.25) is 5.69 Å². The molecule has 0 aliphatic rings. The number of benzene rings is 2. The summed E-state index contributed by atoms with van der Waals surface area (Å²) in [6.45, 7) is 4.87. The molecule has 4 rings (SSSR count). The molecule has 148 valence electrons. The summed E-state index contributed by atoms with van der Waals surface area (Å²) in [7, 11) is 1.91. The molecule has 0 spiro atoms. The zero-order chi connectivity index (χ0) is 20.5. The third-order valence-electron chi connectivity index (χ3n) is 5.06. The quantitative estimate of drug-likeness (QED) is 0.416. The largest absolute Gasteiger partial charge is 0.339 e. The van der Waals surface area contributed by atoms with Gasteiger partial charge in [-0.3, -0.25) is 9.48 Å².